The molecule has 9 heteroatoms. The van der Waals surface area contributed by atoms with Crippen LogP contribution in [0.1, 0.15) is 17.4 Å². The van der Waals surface area contributed by atoms with Crippen molar-refractivity contribution in [1.29, 1.82) is 0 Å². The van der Waals surface area contributed by atoms with E-state index in [-0.39, 0.29) is 24.6 Å². The number of benzene rings is 2. The van der Waals surface area contributed by atoms with E-state index in [9.17, 15) is 14.7 Å². The van der Waals surface area contributed by atoms with Gasteiger partial charge in [0, 0.05) is 15.8 Å². The topological polar surface area (TPSA) is 106 Å². The third-order valence-corrected chi connectivity index (χ3v) is 4.81. The van der Waals surface area contributed by atoms with E-state index in [1.807, 2.05) is 30.3 Å². The van der Waals surface area contributed by atoms with Crippen LogP contribution in [-0.2, 0) is 9.53 Å². The predicted molar refractivity (Wildman–Crippen MR) is 112 cm³/mol. The quantitative estimate of drug-likeness (QED) is 0.476. The van der Waals surface area contributed by atoms with Gasteiger partial charge in [-0.05, 0) is 42.3 Å². The van der Waals surface area contributed by atoms with Crippen molar-refractivity contribution in [1.82, 2.24) is 19.9 Å². The number of fused-ring (bicyclic) bond motifs is 3. The van der Waals surface area contributed by atoms with E-state index in [0.717, 1.165) is 11.1 Å². The van der Waals surface area contributed by atoms with E-state index < -0.39 is 11.9 Å². The molecular weight excluding hydrogens is 408 g/mol. The van der Waals surface area contributed by atoms with Crippen LogP contribution in [0.5, 0.6) is 5.75 Å². The van der Waals surface area contributed by atoms with E-state index in [1.165, 1.54) is 10.8 Å². The summed E-state index contributed by atoms with van der Waals surface area (Å²) in [6.07, 6.45) is 1.29. The van der Waals surface area contributed by atoms with Gasteiger partial charge in [-0.3, -0.25) is 9.59 Å². The molecule has 2 aromatic heterocycles. The Kier molecular flexibility index (Phi) is 5.24. The summed E-state index contributed by atoms with van der Waals surface area (Å²) in [5, 5.41) is 19.0. The fourth-order valence-electron chi connectivity index (χ4n) is 3.25. The first-order chi connectivity index (χ1) is 14.5. The number of carbonyl (C=O) groups is 2. The van der Waals surface area contributed by atoms with Crippen LogP contribution in [0.3, 0.4) is 0 Å². The van der Waals surface area contributed by atoms with Crippen molar-refractivity contribution in [2.75, 3.05) is 13.2 Å². The lowest BCUT2D eigenvalue weighted by Crippen LogP contribution is -2.32. The third-order valence-electron chi connectivity index (χ3n) is 4.57. The number of aromatic hydroxyl groups is 1. The lowest BCUT2D eigenvalue weighted by molar-refractivity contribution is -0.141. The molecule has 0 radical (unpaired) electrons. The fraction of sp³-hybridized carbons (Fsp3) is 0.143. The zero-order valence-electron chi connectivity index (χ0n) is 15.9. The second-order valence-electron chi connectivity index (χ2n) is 6.45. The first-order valence-corrected chi connectivity index (χ1v) is 9.55. The highest BCUT2D eigenvalue weighted by molar-refractivity contribution is 6.30. The number of aromatic nitrogens is 3. The molecule has 0 aliphatic rings. The summed E-state index contributed by atoms with van der Waals surface area (Å²) in [4.78, 5) is 28.5. The number of nitrogens with one attached hydrogen (secondary N) is 1. The van der Waals surface area contributed by atoms with Crippen molar-refractivity contribution in [2.24, 2.45) is 0 Å². The van der Waals surface area contributed by atoms with Crippen molar-refractivity contribution in [3.63, 3.8) is 0 Å². The Labute approximate surface area is 176 Å². The molecule has 4 rings (SSSR count). The molecule has 2 heterocycles. The van der Waals surface area contributed by atoms with Crippen molar-refractivity contribution in [3.05, 3.63) is 59.5 Å². The Bertz CT molecular complexity index is 1280. The van der Waals surface area contributed by atoms with Gasteiger partial charge >= 0.3 is 5.97 Å². The van der Waals surface area contributed by atoms with Gasteiger partial charge in [0.25, 0.3) is 5.91 Å². The number of hydrogen-bond acceptors (Lipinski definition) is 6. The van der Waals surface area contributed by atoms with Crippen LogP contribution >= 0.6 is 11.6 Å². The molecule has 0 bridgehead atoms. The number of nitrogens with zero attached hydrogens (tertiary/aromatic N) is 3. The average molecular weight is 425 g/mol. The van der Waals surface area contributed by atoms with Gasteiger partial charge in [-0.25, -0.2) is 9.50 Å². The molecule has 152 valence electrons. The monoisotopic (exact) mass is 424 g/mol. The Hall–Kier alpha value is -3.65. The van der Waals surface area contributed by atoms with E-state index in [4.69, 9.17) is 16.3 Å². The molecule has 0 aliphatic heterocycles. The van der Waals surface area contributed by atoms with Crippen LogP contribution in [0.25, 0.3) is 27.5 Å². The Morgan fingerprint density at radius 2 is 1.97 bits per heavy atom. The molecule has 4 aromatic rings. The van der Waals surface area contributed by atoms with Gasteiger partial charge < -0.3 is 15.2 Å². The van der Waals surface area contributed by atoms with E-state index in [1.54, 1.807) is 19.1 Å². The summed E-state index contributed by atoms with van der Waals surface area (Å²) in [6.45, 7) is 1.55. The molecule has 1 amide bonds. The van der Waals surface area contributed by atoms with Crippen LogP contribution in [-0.4, -0.2) is 44.7 Å². The van der Waals surface area contributed by atoms with E-state index in [2.05, 4.69) is 15.4 Å². The average Bonchev–Trinajstić information content (AvgIpc) is 3.22. The number of pyridine rings is 1. The molecule has 8 nitrogen and oxygen atoms in total. The van der Waals surface area contributed by atoms with Crippen LogP contribution in [0.15, 0.2) is 48.8 Å². The van der Waals surface area contributed by atoms with Gasteiger partial charge in [0.2, 0.25) is 0 Å². The Morgan fingerprint density at radius 3 is 2.73 bits per heavy atom. The molecular formula is C21H17ClN4O4. The number of rotatable bonds is 5. The third kappa shape index (κ3) is 3.53. The summed E-state index contributed by atoms with van der Waals surface area (Å²) in [6, 6.07) is 12.8. The van der Waals surface area contributed by atoms with Crippen LogP contribution in [0, 0.1) is 0 Å². The zero-order chi connectivity index (χ0) is 21.3. The largest absolute Gasteiger partial charge is 0.505 e. The highest BCUT2D eigenvalue weighted by Gasteiger charge is 2.22. The lowest BCUT2D eigenvalue weighted by Gasteiger charge is -2.12. The minimum absolute atomic E-state index is 0.116. The van der Waals surface area contributed by atoms with E-state index >= 15 is 0 Å². The molecule has 2 aromatic carbocycles. The molecule has 30 heavy (non-hydrogen) atoms. The molecule has 0 fully saturated rings. The molecule has 2 N–H and O–H groups in total. The van der Waals surface area contributed by atoms with Gasteiger partial charge in [0.1, 0.15) is 12.9 Å². The maximum absolute atomic E-state index is 12.7. The maximum Gasteiger partial charge on any atom is 0.325 e. The lowest BCUT2D eigenvalue weighted by atomic mass is 10.0. The van der Waals surface area contributed by atoms with E-state index in [0.29, 0.717) is 21.4 Å². The Morgan fingerprint density at radius 1 is 1.17 bits per heavy atom. The molecule has 0 aliphatic carbocycles. The number of carbonyl (C=O) groups excluding carboxylic acids is 2. The van der Waals surface area contributed by atoms with Crippen LogP contribution in [0.2, 0.25) is 5.02 Å². The SMILES string of the molecule is CCOC(=O)CNC(=O)c1c(O)c2ccc(-c3cccc(Cl)c3)cc2c2ncnn12. The van der Waals surface area contributed by atoms with Gasteiger partial charge in [-0.1, -0.05) is 29.8 Å². The first-order valence-electron chi connectivity index (χ1n) is 9.17. The van der Waals surface area contributed by atoms with Gasteiger partial charge in [0.05, 0.1) is 6.61 Å². The summed E-state index contributed by atoms with van der Waals surface area (Å²) >= 11 is 6.10. The minimum atomic E-state index is -0.670. The normalized spacial score (nSPS) is 11.0. The second-order valence-corrected chi connectivity index (χ2v) is 6.89. The number of esters is 1. The van der Waals surface area contributed by atoms with Crippen molar-refractivity contribution in [3.8, 4) is 16.9 Å². The highest BCUT2D eigenvalue weighted by Crippen LogP contribution is 2.34. The van der Waals surface area contributed by atoms with Gasteiger partial charge in [0.15, 0.2) is 17.1 Å². The fourth-order valence-corrected chi connectivity index (χ4v) is 3.44. The standard InChI is InChI=1S/C21H17ClN4O4/c1-2-30-17(27)10-23-21(29)18-19(28)15-7-6-13(12-4-3-5-14(22)8-12)9-16(15)20-24-11-25-26(18)20/h3-9,11,28H,2,10H2,1H3,(H,23,29). The number of amides is 1. The number of hydrogen-bond donors (Lipinski definition) is 2. The van der Waals surface area contributed by atoms with Crippen LogP contribution in [0.4, 0.5) is 0 Å². The van der Waals surface area contributed by atoms with Crippen LogP contribution < -0.4 is 5.32 Å². The number of halogens is 1. The minimum Gasteiger partial charge on any atom is -0.505 e. The second kappa shape index (κ2) is 8.00. The highest BCUT2D eigenvalue weighted by atomic mass is 35.5. The summed E-state index contributed by atoms with van der Waals surface area (Å²) in [5.74, 6) is -1.51. The molecule has 0 saturated heterocycles. The van der Waals surface area contributed by atoms with Crippen molar-refractivity contribution < 1.29 is 19.4 Å². The summed E-state index contributed by atoms with van der Waals surface area (Å²) < 4.78 is 6.05. The molecule has 0 saturated carbocycles. The molecule has 0 spiro atoms. The summed E-state index contributed by atoms with van der Waals surface area (Å²) in [5.41, 5.74) is 2.05. The molecule has 0 atom stereocenters. The van der Waals surface area contributed by atoms with Crippen molar-refractivity contribution >= 4 is 39.9 Å². The molecule has 0 unspecified atom stereocenters. The number of ether oxygens (including phenoxy) is 1. The Balaban J connectivity index is 1.81. The van der Waals surface area contributed by atoms with Gasteiger partial charge in [-0.2, -0.15) is 5.10 Å². The smallest absolute Gasteiger partial charge is 0.325 e. The maximum atomic E-state index is 12.7. The predicted octanol–water partition coefficient (Wildman–Crippen LogP) is 3.20. The van der Waals surface area contributed by atoms with Crippen molar-refractivity contribution in [2.45, 2.75) is 6.92 Å². The van der Waals surface area contributed by atoms with Gasteiger partial charge in [-0.15, -0.1) is 0 Å². The first kappa shape index (κ1) is 19.7. The zero-order valence-corrected chi connectivity index (χ0v) is 16.7. The summed E-state index contributed by atoms with van der Waals surface area (Å²) in [7, 11) is 0.